The monoisotopic (exact) mass is 300 g/mol. The third-order valence-corrected chi connectivity index (χ3v) is 3.55. The molecule has 0 radical (unpaired) electrons. The summed E-state index contributed by atoms with van der Waals surface area (Å²) in [5, 5.41) is 9.28. The molecule has 0 amide bonds. The van der Waals surface area contributed by atoms with Crippen molar-refractivity contribution in [2.24, 2.45) is 0 Å². The minimum atomic E-state index is -0.912. The summed E-state index contributed by atoms with van der Waals surface area (Å²) in [7, 11) is 3.59. The Bertz CT molecular complexity index is 616. The smallest absolute Gasteiger partial charge is 0.336 e. The molecule has 0 aliphatic carbocycles. The van der Waals surface area contributed by atoms with Crippen LogP contribution in [-0.2, 0) is 11.3 Å². The molecule has 5 nitrogen and oxygen atoms in total. The molecule has 1 atom stereocenters. The number of aromatic nitrogens is 1. The van der Waals surface area contributed by atoms with Crippen molar-refractivity contribution in [3.63, 3.8) is 0 Å². The van der Waals surface area contributed by atoms with Crippen molar-refractivity contribution < 1.29 is 14.6 Å². The van der Waals surface area contributed by atoms with E-state index in [0.29, 0.717) is 18.7 Å². The lowest BCUT2D eigenvalue weighted by Crippen LogP contribution is -2.29. The van der Waals surface area contributed by atoms with Crippen molar-refractivity contribution in [3.05, 3.63) is 65.5 Å². The third-order valence-electron chi connectivity index (χ3n) is 3.55. The van der Waals surface area contributed by atoms with Crippen LogP contribution in [0.15, 0.2) is 48.7 Å². The summed E-state index contributed by atoms with van der Waals surface area (Å²) in [6, 6.07) is 12.8. The van der Waals surface area contributed by atoms with Gasteiger partial charge in [0.1, 0.15) is 0 Å². The lowest BCUT2D eigenvalue weighted by Gasteiger charge is -2.27. The number of ether oxygens (including phenoxy) is 1. The highest BCUT2D eigenvalue weighted by Crippen LogP contribution is 2.21. The van der Waals surface area contributed by atoms with E-state index >= 15 is 0 Å². The first-order valence-electron chi connectivity index (χ1n) is 7.04. The lowest BCUT2D eigenvalue weighted by atomic mass is 10.1. The van der Waals surface area contributed by atoms with Gasteiger partial charge in [-0.3, -0.25) is 9.88 Å². The average molecular weight is 300 g/mol. The van der Waals surface area contributed by atoms with Gasteiger partial charge in [0.2, 0.25) is 0 Å². The van der Waals surface area contributed by atoms with Crippen LogP contribution in [0, 0.1) is 0 Å². The molecule has 1 N–H and O–H groups in total. The maximum absolute atomic E-state index is 11.3. The highest BCUT2D eigenvalue weighted by Gasteiger charge is 2.20. The number of methoxy groups -OCH3 is 1. The van der Waals surface area contributed by atoms with Crippen molar-refractivity contribution in [3.8, 4) is 0 Å². The van der Waals surface area contributed by atoms with E-state index in [1.807, 2.05) is 42.3 Å². The maximum atomic E-state index is 11.3. The Morgan fingerprint density at radius 1 is 1.27 bits per heavy atom. The van der Waals surface area contributed by atoms with E-state index in [9.17, 15) is 9.90 Å². The van der Waals surface area contributed by atoms with Crippen LogP contribution in [0.2, 0.25) is 0 Å². The zero-order chi connectivity index (χ0) is 15.9. The molecule has 0 fully saturated rings. The van der Waals surface area contributed by atoms with Gasteiger partial charge in [0, 0.05) is 19.9 Å². The Labute approximate surface area is 130 Å². The molecule has 0 spiro atoms. The zero-order valence-corrected chi connectivity index (χ0v) is 12.8. The zero-order valence-electron chi connectivity index (χ0n) is 12.8. The second-order valence-corrected chi connectivity index (χ2v) is 5.10. The highest BCUT2D eigenvalue weighted by molar-refractivity contribution is 5.89. The average Bonchev–Trinajstić information content (AvgIpc) is 2.53. The Hall–Kier alpha value is -2.24. The topological polar surface area (TPSA) is 62.7 Å². The molecule has 22 heavy (non-hydrogen) atoms. The van der Waals surface area contributed by atoms with Crippen molar-refractivity contribution in [2.45, 2.75) is 12.6 Å². The second kappa shape index (κ2) is 7.68. The first-order valence-corrected chi connectivity index (χ1v) is 7.04. The minimum absolute atomic E-state index is 0.0342. The fourth-order valence-electron chi connectivity index (χ4n) is 2.42. The van der Waals surface area contributed by atoms with Gasteiger partial charge in [0.15, 0.2) is 0 Å². The Balaban J connectivity index is 2.22. The summed E-state index contributed by atoms with van der Waals surface area (Å²) in [6.07, 6.45) is 1.75. The van der Waals surface area contributed by atoms with Crippen molar-refractivity contribution in [2.75, 3.05) is 20.8 Å². The predicted octanol–water partition coefficient (Wildman–Crippen LogP) is 2.60. The lowest BCUT2D eigenvalue weighted by molar-refractivity contribution is 0.0692. The molecule has 1 aromatic heterocycles. The number of rotatable bonds is 7. The number of benzene rings is 1. The molecule has 0 saturated carbocycles. The number of likely N-dealkylation sites (N-methyl/N-ethyl adjacent to an activating group) is 1. The predicted molar refractivity (Wildman–Crippen MR) is 83.7 cm³/mol. The van der Waals surface area contributed by atoms with Gasteiger partial charge in [-0.25, -0.2) is 4.79 Å². The largest absolute Gasteiger partial charge is 0.478 e. The molecule has 1 aromatic carbocycles. The third kappa shape index (κ3) is 3.90. The van der Waals surface area contributed by atoms with Gasteiger partial charge in [0.25, 0.3) is 0 Å². The maximum Gasteiger partial charge on any atom is 0.336 e. The van der Waals surface area contributed by atoms with E-state index in [1.165, 1.54) is 0 Å². The van der Waals surface area contributed by atoms with E-state index in [1.54, 1.807) is 25.4 Å². The van der Waals surface area contributed by atoms with Crippen molar-refractivity contribution in [1.82, 2.24) is 9.88 Å². The molecule has 2 rings (SSSR count). The molecule has 1 unspecified atom stereocenters. The number of carboxylic acids is 1. The van der Waals surface area contributed by atoms with E-state index < -0.39 is 5.97 Å². The fraction of sp³-hybridized carbons (Fsp3) is 0.294. The first kappa shape index (κ1) is 16.1. The molecule has 0 aliphatic heterocycles. The Morgan fingerprint density at radius 3 is 2.64 bits per heavy atom. The number of carboxylic acid groups (broad SMARTS) is 1. The van der Waals surface area contributed by atoms with Crippen LogP contribution in [-0.4, -0.2) is 41.7 Å². The Kier molecular flexibility index (Phi) is 5.63. The number of pyridine rings is 1. The second-order valence-electron chi connectivity index (χ2n) is 5.10. The van der Waals surface area contributed by atoms with Gasteiger partial charge in [-0.05, 0) is 30.8 Å². The van der Waals surface area contributed by atoms with E-state index in [0.717, 1.165) is 11.3 Å². The molecule has 1 heterocycles. The molecule has 0 saturated heterocycles. The molecule has 2 aromatic rings. The van der Waals surface area contributed by atoms with E-state index in [2.05, 4.69) is 4.98 Å². The van der Waals surface area contributed by atoms with E-state index in [-0.39, 0.29) is 6.04 Å². The van der Waals surface area contributed by atoms with Gasteiger partial charge in [-0.2, -0.15) is 0 Å². The van der Waals surface area contributed by atoms with Crippen molar-refractivity contribution in [1.29, 1.82) is 0 Å². The summed E-state index contributed by atoms with van der Waals surface area (Å²) in [5.41, 5.74) is 2.00. The van der Waals surface area contributed by atoms with Crippen LogP contribution in [0.5, 0.6) is 0 Å². The van der Waals surface area contributed by atoms with Crippen LogP contribution in [0.4, 0.5) is 0 Å². The van der Waals surface area contributed by atoms with Crippen LogP contribution >= 0.6 is 0 Å². The summed E-state index contributed by atoms with van der Waals surface area (Å²) < 4.78 is 5.30. The summed E-state index contributed by atoms with van der Waals surface area (Å²) in [4.78, 5) is 17.7. The summed E-state index contributed by atoms with van der Waals surface area (Å²) in [6.45, 7) is 0.996. The Morgan fingerprint density at radius 2 is 2.00 bits per heavy atom. The molecule has 5 heteroatoms. The van der Waals surface area contributed by atoms with Gasteiger partial charge in [-0.15, -0.1) is 0 Å². The van der Waals surface area contributed by atoms with Crippen LogP contribution < -0.4 is 0 Å². The number of aromatic carboxylic acids is 1. The van der Waals surface area contributed by atoms with Crippen LogP contribution in [0.1, 0.15) is 27.7 Å². The van der Waals surface area contributed by atoms with Gasteiger partial charge < -0.3 is 9.84 Å². The minimum Gasteiger partial charge on any atom is -0.478 e. The first-order chi connectivity index (χ1) is 10.6. The SMILES string of the molecule is COCC(c1ccccn1)N(C)Cc1ccccc1C(=O)O. The van der Waals surface area contributed by atoms with E-state index in [4.69, 9.17) is 4.74 Å². The summed E-state index contributed by atoms with van der Waals surface area (Å²) >= 11 is 0. The van der Waals surface area contributed by atoms with Crippen LogP contribution in [0.3, 0.4) is 0 Å². The normalized spacial score (nSPS) is 12.3. The molecule has 116 valence electrons. The van der Waals surface area contributed by atoms with Gasteiger partial charge in [-0.1, -0.05) is 24.3 Å². The number of hydrogen-bond donors (Lipinski definition) is 1. The number of hydrogen-bond acceptors (Lipinski definition) is 4. The van der Waals surface area contributed by atoms with Crippen molar-refractivity contribution >= 4 is 5.97 Å². The molecule has 0 aliphatic rings. The molecular formula is C17H20N2O3. The molecule has 0 bridgehead atoms. The number of carbonyl (C=O) groups is 1. The quantitative estimate of drug-likeness (QED) is 0.851. The molecular weight excluding hydrogens is 280 g/mol. The van der Waals surface area contributed by atoms with Gasteiger partial charge >= 0.3 is 5.97 Å². The van der Waals surface area contributed by atoms with Gasteiger partial charge in [0.05, 0.1) is 23.9 Å². The summed E-state index contributed by atoms with van der Waals surface area (Å²) in [5.74, 6) is -0.912. The van der Waals surface area contributed by atoms with Crippen LogP contribution in [0.25, 0.3) is 0 Å². The highest BCUT2D eigenvalue weighted by atomic mass is 16.5. The number of nitrogens with zero attached hydrogens (tertiary/aromatic N) is 2. The standard InChI is InChI=1S/C17H20N2O3/c1-19(11-13-7-3-4-8-14(13)17(20)21)16(12-22-2)15-9-5-6-10-18-15/h3-10,16H,11-12H2,1-2H3,(H,20,21). The fourth-order valence-corrected chi connectivity index (χ4v) is 2.42.